The number of carbonyl (C=O) groups excluding carboxylic acids is 1. The fourth-order valence-electron chi connectivity index (χ4n) is 3.71. The molecule has 0 saturated carbocycles. The third kappa shape index (κ3) is 5.20. The normalized spacial score (nSPS) is 13.5. The molecule has 1 amide bonds. The molecule has 2 aromatic carbocycles. The number of aromatic nitrogens is 2. The Hall–Kier alpha value is -3.86. The number of sulfonamides is 1. The summed E-state index contributed by atoms with van der Waals surface area (Å²) in [4.78, 5) is 22.8. The van der Waals surface area contributed by atoms with E-state index < -0.39 is 15.9 Å². The molecule has 0 aliphatic carbocycles. The van der Waals surface area contributed by atoms with Crippen LogP contribution in [0.4, 0.5) is 23.1 Å². The summed E-state index contributed by atoms with van der Waals surface area (Å²) in [5.74, 6) is 0.797. The Morgan fingerprint density at radius 3 is 2.35 bits per heavy atom. The number of aryl methyl sites for hydroxylation is 1. The van der Waals surface area contributed by atoms with E-state index in [2.05, 4.69) is 24.9 Å². The maximum Gasteiger partial charge on any atom is 0.261 e. The van der Waals surface area contributed by atoms with Crippen molar-refractivity contribution < 1.29 is 17.9 Å². The number of nitrogens with two attached hydrogens (primary N) is 1. The SMILES string of the molecule is COc1ccc(S(=O)(=O)Nc2ccc(Nc3cc(C)nc(N4CCCC4)n3)cc2)cc1C(N)=O. The molecule has 0 unspecified atom stereocenters. The summed E-state index contributed by atoms with van der Waals surface area (Å²) in [5, 5.41) is 3.24. The van der Waals surface area contributed by atoms with Gasteiger partial charge in [0.05, 0.1) is 17.6 Å². The van der Waals surface area contributed by atoms with E-state index in [1.165, 1.54) is 25.3 Å². The minimum atomic E-state index is -3.95. The number of hydrogen-bond acceptors (Lipinski definition) is 8. The zero-order chi connectivity index (χ0) is 24.3. The Bertz CT molecular complexity index is 1310. The lowest BCUT2D eigenvalue weighted by Gasteiger charge is -2.17. The van der Waals surface area contributed by atoms with E-state index in [0.29, 0.717) is 17.5 Å². The number of nitrogens with one attached hydrogen (secondary N) is 2. The average Bonchev–Trinajstić information content (AvgIpc) is 3.34. The smallest absolute Gasteiger partial charge is 0.261 e. The largest absolute Gasteiger partial charge is 0.496 e. The van der Waals surface area contributed by atoms with Crippen LogP contribution in [0.25, 0.3) is 0 Å². The van der Waals surface area contributed by atoms with E-state index in [-0.39, 0.29) is 16.2 Å². The zero-order valence-electron chi connectivity index (χ0n) is 18.9. The molecule has 10 nitrogen and oxygen atoms in total. The van der Waals surface area contributed by atoms with Crippen molar-refractivity contribution in [1.29, 1.82) is 0 Å². The molecule has 0 radical (unpaired) electrons. The zero-order valence-corrected chi connectivity index (χ0v) is 19.7. The van der Waals surface area contributed by atoms with E-state index in [1.807, 2.05) is 13.0 Å². The molecule has 0 bridgehead atoms. The molecule has 4 rings (SSSR count). The van der Waals surface area contributed by atoms with Gasteiger partial charge in [-0.3, -0.25) is 9.52 Å². The van der Waals surface area contributed by atoms with Gasteiger partial charge in [0.2, 0.25) is 5.95 Å². The van der Waals surface area contributed by atoms with E-state index in [0.717, 1.165) is 37.3 Å². The van der Waals surface area contributed by atoms with Crippen LogP contribution in [0.1, 0.15) is 28.9 Å². The number of primary amides is 1. The number of hydrogen-bond donors (Lipinski definition) is 3. The van der Waals surface area contributed by atoms with Crippen molar-refractivity contribution in [3.05, 3.63) is 59.8 Å². The van der Waals surface area contributed by atoms with E-state index >= 15 is 0 Å². The fraction of sp³-hybridized carbons (Fsp3) is 0.261. The molecule has 1 aliphatic rings. The van der Waals surface area contributed by atoms with Crippen LogP contribution in [0, 0.1) is 6.92 Å². The summed E-state index contributed by atoms with van der Waals surface area (Å²) in [6, 6.07) is 12.5. The molecule has 2 heterocycles. The Kier molecular flexibility index (Phi) is 6.55. The van der Waals surface area contributed by atoms with Gasteiger partial charge in [-0.1, -0.05) is 0 Å². The number of anilines is 4. The van der Waals surface area contributed by atoms with Crippen molar-refractivity contribution in [2.75, 3.05) is 35.1 Å². The van der Waals surface area contributed by atoms with Crippen LogP contribution in [-0.2, 0) is 10.0 Å². The first-order valence-electron chi connectivity index (χ1n) is 10.7. The monoisotopic (exact) mass is 482 g/mol. The number of methoxy groups -OCH3 is 1. The van der Waals surface area contributed by atoms with Crippen molar-refractivity contribution in [1.82, 2.24) is 9.97 Å². The third-order valence-electron chi connectivity index (χ3n) is 5.39. The molecule has 0 atom stereocenters. The van der Waals surface area contributed by atoms with Crippen molar-refractivity contribution in [3.63, 3.8) is 0 Å². The van der Waals surface area contributed by atoms with Gasteiger partial charge in [-0.05, 0) is 62.2 Å². The van der Waals surface area contributed by atoms with E-state index in [1.54, 1.807) is 24.3 Å². The fourth-order valence-corrected chi connectivity index (χ4v) is 4.79. The molecule has 0 spiro atoms. The lowest BCUT2D eigenvalue weighted by molar-refractivity contribution is 0.0997. The van der Waals surface area contributed by atoms with Crippen LogP contribution in [0.2, 0.25) is 0 Å². The minimum absolute atomic E-state index is 0.0154. The Balaban J connectivity index is 1.49. The molecule has 3 aromatic rings. The molecule has 4 N–H and O–H groups in total. The first-order chi connectivity index (χ1) is 16.2. The Morgan fingerprint density at radius 2 is 1.71 bits per heavy atom. The topological polar surface area (TPSA) is 140 Å². The lowest BCUT2D eigenvalue weighted by Crippen LogP contribution is -2.21. The van der Waals surface area contributed by atoms with Crippen LogP contribution in [0.3, 0.4) is 0 Å². The van der Waals surface area contributed by atoms with Crippen LogP contribution in [-0.4, -0.2) is 44.5 Å². The van der Waals surface area contributed by atoms with E-state index in [9.17, 15) is 13.2 Å². The molecular formula is C23H26N6O4S. The van der Waals surface area contributed by atoms with Crippen LogP contribution in [0.15, 0.2) is 53.4 Å². The van der Waals surface area contributed by atoms with Crippen molar-refractivity contribution >= 4 is 39.1 Å². The highest BCUT2D eigenvalue weighted by atomic mass is 32.2. The van der Waals surface area contributed by atoms with Crippen LogP contribution in [0.5, 0.6) is 5.75 Å². The molecule has 1 aromatic heterocycles. The van der Waals surface area contributed by atoms with Crippen molar-refractivity contribution in [2.45, 2.75) is 24.7 Å². The highest BCUT2D eigenvalue weighted by Gasteiger charge is 2.19. The molecule has 1 aliphatic heterocycles. The van der Waals surface area contributed by atoms with Gasteiger partial charge in [0.1, 0.15) is 11.6 Å². The summed E-state index contributed by atoms with van der Waals surface area (Å²) in [5.41, 5.74) is 7.28. The van der Waals surface area contributed by atoms with Crippen LogP contribution >= 0.6 is 0 Å². The number of benzene rings is 2. The van der Waals surface area contributed by atoms with Gasteiger partial charge in [0.15, 0.2) is 0 Å². The summed E-state index contributed by atoms with van der Waals surface area (Å²) in [6.07, 6.45) is 2.27. The second kappa shape index (κ2) is 9.56. The number of nitrogens with zero attached hydrogens (tertiary/aromatic N) is 3. The maximum atomic E-state index is 12.8. The number of ether oxygens (including phenoxy) is 1. The molecule has 11 heteroatoms. The first-order valence-corrected chi connectivity index (χ1v) is 12.2. The minimum Gasteiger partial charge on any atom is -0.496 e. The van der Waals surface area contributed by atoms with Gasteiger partial charge >= 0.3 is 0 Å². The average molecular weight is 483 g/mol. The van der Waals surface area contributed by atoms with Gasteiger partial charge < -0.3 is 20.7 Å². The molecule has 1 fully saturated rings. The number of rotatable bonds is 8. The Labute approximate surface area is 198 Å². The van der Waals surface area contributed by atoms with E-state index in [4.69, 9.17) is 10.5 Å². The number of amides is 1. The first kappa shape index (κ1) is 23.3. The summed E-state index contributed by atoms with van der Waals surface area (Å²) in [6.45, 7) is 3.83. The lowest BCUT2D eigenvalue weighted by atomic mass is 10.2. The molecular weight excluding hydrogens is 456 g/mol. The maximum absolute atomic E-state index is 12.8. The highest BCUT2D eigenvalue weighted by Crippen LogP contribution is 2.25. The second-order valence-corrected chi connectivity index (χ2v) is 9.61. The van der Waals surface area contributed by atoms with Gasteiger partial charge in [-0.15, -0.1) is 0 Å². The summed E-state index contributed by atoms with van der Waals surface area (Å²) in [7, 11) is -2.57. The van der Waals surface area contributed by atoms with Gasteiger partial charge in [0.25, 0.3) is 15.9 Å². The summed E-state index contributed by atoms with van der Waals surface area (Å²) >= 11 is 0. The van der Waals surface area contributed by atoms with Crippen molar-refractivity contribution in [2.24, 2.45) is 5.73 Å². The second-order valence-electron chi connectivity index (χ2n) is 7.92. The van der Waals surface area contributed by atoms with Gasteiger partial charge in [-0.25, -0.2) is 13.4 Å². The number of carbonyl (C=O) groups is 1. The molecule has 34 heavy (non-hydrogen) atoms. The Morgan fingerprint density at radius 1 is 1.03 bits per heavy atom. The molecule has 1 saturated heterocycles. The van der Waals surface area contributed by atoms with Gasteiger partial charge in [-0.2, -0.15) is 4.98 Å². The third-order valence-corrected chi connectivity index (χ3v) is 6.77. The summed E-state index contributed by atoms with van der Waals surface area (Å²) < 4.78 is 33.2. The predicted octanol–water partition coefficient (Wildman–Crippen LogP) is 3.04. The van der Waals surface area contributed by atoms with Gasteiger partial charge in [0, 0.05) is 36.2 Å². The standard InChI is InChI=1S/C23H26N6O4S/c1-15-13-21(27-23(25-15)29-11-3-4-12-29)26-16-5-7-17(8-6-16)28-34(31,32)18-9-10-20(33-2)19(14-18)22(24)30/h5-10,13-14,28H,3-4,11-12H2,1-2H3,(H2,24,30)(H,25,26,27). The molecule has 178 valence electrons. The van der Waals surface area contributed by atoms with Crippen LogP contribution < -0.4 is 25.4 Å². The quantitative estimate of drug-likeness (QED) is 0.445. The predicted molar refractivity (Wildman–Crippen MR) is 130 cm³/mol. The van der Waals surface area contributed by atoms with Crippen molar-refractivity contribution in [3.8, 4) is 5.75 Å². The highest BCUT2D eigenvalue weighted by molar-refractivity contribution is 7.92.